The quantitative estimate of drug-likeness (QED) is 0.646. The van der Waals surface area contributed by atoms with Gasteiger partial charge in [0.15, 0.2) is 0 Å². The molecule has 0 amide bonds. The van der Waals surface area contributed by atoms with Crippen molar-refractivity contribution in [1.82, 2.24) is 5.32 Å². The van der Waals surface area contributed by atoms with Crippen LogP contribution < -0.4 is 5.32 Å². The Morgan fingerprint density at radius 2 is 1.47 bits per heavy atom. The molecule has 1 nitrogen and oxygen atoms in total. The first-order chi connectivity index (χ1) is 9.02. The van der Waals surface area contributed by atoms with Crippen molar-refractivity contribution in [3.8, 4) is 0 Å². The van der Waals surface area contributed by atoms with Crippen molar-refractivity contribution in [2.24, 2.45) is 0 Å². The number of benzene rings is 2. The zero-order valence-corrected chi connectivity index (χ0v) is 15.4. The molecule has 0 saturated heterocycles. The zero-order valence-electron chi connectivity index (χ0n) is 10.7. The van der Waals surface area contributed by atoms with Crippen molar-refractivity contribution in [3.63, 3.8) is 0 Å². The van der Waals surface area contributed by atoms with Crippen LogP contribution in [0, 0.1) is 6.92 Å². The van der Waals surface area contributed by atoms with Crippen LogP contribution in [0.5, 0.6) is 0 Å². The second-order valence-corrected chi connectivity index (χ2v) is 7.04. The summed E-state index contributed by atoms with van der Waals surface area (Å²) in [5.41, 5.74) is 3.70. The maximum atomic E-state index is 3.65. The molecule has 0 bridgehead atoms. The molecule has 19 heavy (non-hydrogen) atoms. The molecule has 2 aromatic rings. The fraction of sp³-hybridized carbons (Fsp3) is 0.200. The van der Waals surface area contributed by atoms with Crippen LogP contribution in [-0.2, 0) is 0 Å². The molecule has 1 N–H and O–H groups in total. The Morgan fingerprint density at radius 1 is 0.895 bits per heavy atom. The van der Waals surface area contributed by atoms with Crippen LogP contribution >= 0.6 is 47.8 Å². The highest BCUT2D eigenvalue weighted by Crippen LogP contribution is 2.34. The lowest BCUT2D eigenvalue weighted by atomic mass is 9.97. The molecule has 0 radical (unpaired) electrons. The Kier molecular flexibility index (Phi) is 5.23. The van der Waals surface area contributed by atoms with Crippen LogP contribution in [0.4, 0.5) is 0 Å². The first kappa shape index (κ1) is 15.2. The van der Waals surface area contributed by atoms with Gasteiger partial charge in [-0.25, -0.2) is 0 Å². The van der Waals surface area contributed by atoms with E-state index in [1.165, 1.54) is 16.7 Å². The molecular formula is C15H14Br3N. The van der Waals surface area contributed by atoms with Gasteiger partial charge in [-0.2, -0.15) is 0 Å². The van der Waals surface area contributed by atoms with Crippen LogP contribution in [0.3, 0.4) is 0 Å². The lowest BCUT2D eigenvalue weighted by Gasteiger charge is -2.21. The van der Waals surface area contributed by atoms with Gasteiger partial charge < -0.3 is 5.32 Å². The van der Waals surface area contributed by atoms with Crippen molar-refractivity contribution in [3.05, 3.63) is 66.5 Å². The molecule has 0 saturated carbocycles. The monoisotopic (exact) mass is 445 g/mol. The largest absolute Gasteiger partial charge is 0.309 e. The van der Waals surface area contributed by atoms with Gasteiger partial charge >= 0.3 is 0 Å². The van der Waals surface area contributed by atoms with E-state index in [2.05, 4.69) is 90.4 Å². The molecule has 100 valence electrons. The van der Waals surface area contributed by atoms with E-state index in [1.807, 2.05) is 13.1 Å². The first-order valence-corrected chi connectivity index (χ1v) is 8.29. The summed E-state index contributed by atoms with van der Waals surface area (Å²) < 4.78 is 3.29. The third kappa shape index (κ3) is 3.48. The van der Waals surface area contributed by atoms with Gasteiger partial charge in [-0.05, 0) is 49.4 Å². The van der Waals surface area contributed by atoms with Crippen molar-refractivity contribution < 1.29 is 0 Å². The van der Waals surface area contributed by atoms with E-state index >= 15 is 0 Å². The molecule has 2 aromatic carbocycles. The average Bonchev–Trinajstić information content (AvgIpc) is 2.38. The standard InChI is InChI=1S/C15H14Br3N/c1-9-3-5-13(17)11(7-9)15(19-2)12-8-10(16)4-6-14(12)18/h3-8,15,19H,1-2H3. The topological polar surface area (TPSA) is 12.0 Å². The van der Waals surface area contributed by atoms with E-state index in [-0.39, 0.29) is 6.04 Å². The van der Waals surface area contributed by atoms with Gasteiger partial charge in [0, 0.05) is 13.4 Å². The van der Waals surface area contributed by atoms with Gasteiger partial charge in [0.05, 0.1) is 6.04 Å². The highest BCUT2D eigenvalue weighted by atomic mass is 79.9. The normalized spacial score (nSPS) is 12.5. The fourth-order valence-electron chi connectivity index (χ4n) is 2.10. The Hall–Kier alpha value is -0.160. The van der Waals surface area contributed by atoms with Crippen LogP contribution in [0.2, 0.25) is 0 Å². The van der Waals surface area contributed by atoms with Crippen molar-refractivity contribution in [1.29, 1.82) is 0 Å². The number of aryl methyl sites for hydroxylation is 1. The second kappa shape index (κ2) is 6.53. The van der Waals surface area contributed by atoms with Crippen molar-refractivity contribution in [2.75, 3.05) is 7.05 Å². The van der Waals surface area contributed by atoms with E-state index < -0.39 is 0 Å². The molecule has 0 aliphatic carbocycles. The summed E-state index contributed by atoms with van der Waals surface area (Å²) in [6.45, 7) is 2.11. The van der Waals surface area contributed by atoms with Crippen LogP contribution in [0.15, 0.2) is 49.8 Å². The molecule has 0 spiro atoms. The van der Waals surface area contributed by atoms with Gasteiger partial charge in [0.25, 0.3) is 0 Å². The predicted octanol–water partition coefficient (Wildman–Crippen LogP) is 5.59. The summed E-state index contributed by atoms with van der Waals surface area (Å²) in [5.74, 6) is 0. The maximum Gasteiger partial charge on any atom is 0.0597 e. The molecule has 1 atom stereocenters. The Bertz CT molecular complexity index is 544. The number of hydrogen-bond donors (Lipinski definition) is 1. The second-order valence-electron chi connectivity index (χ2n) is 4.41. The highest BCUT2D eigenvalue weighted by molar-refractivity contribution is 9.11. The molecule has 0 aliphatic rings. The lowest BCUT2D eigenvalue weighted by molar-refractivity contribution is 0.685. The predicted molar refractivity (Wildman–Crippen MR) is 91.6 cm³/mol. The van der Waals surface area contributed by atoms with Crippen molar-refractivity contribution >= 4 is 47.8 Å². The van der Waals surface area contributed by atoms with Crippen LogP contribution in [0.1, 0.15) is 22.7 Å². The Morgan fingerprint density at radius 3 is 2.11 bits per heavy atom. The SMILES string of the molecule is CNC(c1cc(C)ccc1Br)c1cc(Br)ccc1Br. The van der Waals surface area contributed by atoms with Crippen LogP contribution in [0.25, 0.3) is 0 Å². The lowest BCUT2D eigenvalue weighted by Crippen LogP contribution is -2.18. The Labute approximate surface area is 139 Å². The molecule has 0 aromatic heterocycles. The minimum Gasteiger partial charge on any atom is -0.309 e. The number of rotatable bonds is 3. The number of nitrogens with one attached hydrogen (secondary N) is 1. The summed E-state index contributed by atoms with van der Waals surface area (Å²) in [6, 6.07) is 12.8. The first-order valence-electron chi connectivity index (χ1n) is 5.91. The summed E-state index contributed by atoms with van der Waals surface area (Å²) in [4.78, 5) is 0. The van der Waals surface area contributed by atoms with E-state index in [0.717, 1.165) is 13.4 Å². The third-order valence-electron chi connectivity index (χ3n) is 3.02. The van der Waals surface area contributed by atoms with Gasteiger partial charge in [0.1, 0.15) is 0 Å². The molecule has 0 heterocycles. The summed E-state index contributed by atoms with van der Waals surface area (Å²) in [6.07, 6.45) is 0. The van der Waals surface area contributed by atoms with E-state index in [0.29, 0.717) is 0 Å². The molecule has 4 heteroatoms. The van der Waals surface area contributed by atoms with E-state index in [4.69, 9.17) is 0 Å². The number of halogens is 3. The average molecular weight is 448 g/mol. The highest BCUT2D eigenvalue weighted by Gasteiger charge is 2.18. The molecule has 2 rings (SSSR count). The van der Waals surface area contributed by atoms with Gasteiger partial charge in [0.2, 0.25) is 0 Å². The molecule has 0 aliphatic heterocycles. The summed E-state index contributed by atoms with van der Waals surface area (Å²) >= 11 is 10.8. The smallest absolute Gasteiger partial charge is 0.0597 e. The third-order valence-corrected chi connectivity index (χ3v) is 4.96. The Balaban J connectivity index is 2.55. The summed E-state index contributed by atoms with van der Waals surface area (Å²) in [7, 11) is 1.98. The minimum atomic E-state index is 0.140. The van der Waals surface area contributed by atoms with Crippen LogP contribution in [-0.4, -0.2) is 7.05 Å². The minimum absolute atomic E-state index is 0.140. The maximum absolute atomic E-state index is 3.65. The van der Waals surface area contributed by atoms with Gasteiger partial charge in [-0.1, -0.05) is 65.5 Å². The van der Waals surface area contributed by atoms with Crippen molar-refractivity contribution in [2.45, 2.75) is 13.0 Å². The molecule has 1 unspecified atom stereocenters. The van der Waals surface area contributed by atoms with E-state index in [1.54, 1.807) is 0 Å². The van der Waals surface area contributed by atoms with Gasteiger partial charge in [-0.3, -0.25) is 0 Å². The van der Waals surface area contributed by atoms with E-state index in [9.17, 15) is 0 Å². The molecular weight excluding hydrogens is 434 g/mol. The van der Waals surface area contributed by atoms with Gasteiger partial charge in [-0.15, -0.1) is 0 Å². The number of hydrogen-bond acceptors (Lipinski definition) is 1. The molecule has 0 fully saturated rings. The summed E-state index contributed by atoms with van der Waals surface area (Å²) in [5, 5.41) is 3.39. The zero-order chi connectivity index (χ0) is 14.0. The fourth-order valence-corrected chi connectivity index (χ4v) is 3.43.